The van der Waals surface area contributed by atoms with Crippen molar-refractivity contribution >= 4 is 23.2 Å². The Hall–Kier alpha value is -2.89. The van der Waals surface area contributed by atoms with Gasteiger partial charge in [0.15, 0.2) is 0 Å². The van der Waals surface area contributed by atoms with E-state index in [1.807, 2.05) is 24.3 Å². The van der Waals surface area contributed by atoms with E-state index in [1.54, 1.807) is 19.9 Å². The smallest absolute Gasteiger partial charge is 0.274 e. The Balaban J connectivity index is 1.61. The van der Waals surface area contributed by atoms with Gasteiger partial charge in [0.1, 0.15) is 5.76 Å². The zero-order chi connectivity index (χ0) is 17.1. The minimum Gasteiger partial charge on any atom is -0.469 e. The van der Waals surface area contributed by atoms with Crippen molar-refractivity contribution in [1.29, 1.82) is 0 Å². The van der Waals surface area contributed by atoms with Gasteiger partial charge in [-0.25, -0.2) is 5.43 Å². The monoisotopic (exact) mass is 325 g/mol. The van der Waals surface area contributed by atoms with Crippen molar-refractivity contribution in [3.8, 4) is 0 Å². The van der Waals surface area contributed by atoms with Gasteiger partial charge < -0.3 is 9.73 Å². The number of hydrazone groups is 1. The topological polar surface area (TPSA) is 83.7 Å². The second-order valence-electron chi connectivity index (χ2n) is 5.87. The zero-order valence-electron chi connectivity index (χ0n) is 13.6. The number of carbonyl (C=O) groups is 2. The molecule has 124 valence electrons. The number of amides is 2. The molecule has 0 atom stereocenters. The molecule has 0 spiro atoms. The van der Waals surface area contributed by atoms with Crippen LogP contribution in [0.4, 0.5) is 5.69 Å². The maximum Gasteiger partial charge on any atom is 0.274 e. The summed E-state index contributed by atoms with van der Waals surface area (Å²) in [5.41, 5.74) is 5.28. The molecule has 6 nitrogen and oxygen atoms in total. The summed E-state index contributed by atoms with van der Waals surface area (Å²) in [6.45, 7) is 3.53. The first-order valence-corrected chi connectivity index (χ1v) is 7.84. The molecule has 3 rings (SSSR count). The number of aryl methyl sites for hydroxylation is 1. The van der Waals surface area contributed by atoms with Gasteiger partial charge in [-0.15, -0.1) is 0 Å². The summed E-state index contributed by atoms with van der Waals surface area (Å²) in [4.78, 5) is 23.7. The van der Waals surface area contributed by atoms with E-state index < -0.39 is 0 Å². The molecule has 1 fully saturated rings. The van der Waals surface area contributed by atoms with Gasteiger partial charge in [-0.05, 0) is 50.5 Å². The fourth-order valence-corrected chi connectivity index (χ4v) is 2.26. The number of carbonyl (C=O) groups excluding carboxylic acids is 2. The van der Waals surface area contributed by atoms with Crippen LogP contribution in [0.3, 0.4) is 0 Å². The Labute approximate surface area is 139 Å². The number of benzene rings is 1. The van der Waals surface area contributed by atoms with Gasteiger partial charge in [0.2, 0.25) is 5.91 Å². The van der Waals surface area contributed by atoms with Gasteiger partial charge in [-0.1, -0.05) is 12.1 Å². The lowest BCUT2D eigenvalue weighted by Gasteiger charge is -2.06. The molecule has 0 radical (unpaired) electrons. The van der Waals surface area contributed by atoms with E-state index in [0.29, 0.717) is 17.0 Å². The number of hydrogen-bond acceptors (Lipinski definition) is 4. The number of nitrogens with zero attached hydrogens (tertiary/aromatic N) is 1. The Morgan fingerprint density at radius 2 is 1.88 bits per heavy atom. The van der Waals surface area contributed by atoms with Crippen LogP contribution in [-0.4, -0.2) is 17.5 Å². The highest BCUT2D eigenvalue weighted by molar-refractivity contribution is 6.01. The molecule has 1 aromatic heterocycles. The lowest BCUT2D eigenvalue weighted by atomic mass is 10.1. The molecule has 0 unspecified atom stereocenters. The molecule has 0 bridgehead atoms. The summed E-state index contributed by atoms with van der Waals surface area (Å²) in [6, 6.07) is 8.98. The Morgan fingerprint density at radius 3 is 2.46 bits per heavy atom. The normalized spacial score (nSPS) is 14.3. The van der Waals surface area contributed by atoms with Crippen LogP contribution in [0, 0.1) is 12.8 Å². The molecule has 0 aliphatic heterocycles. The van der Waals surface area contributed by atoms with Crippen LogP contribution < -0.4 is 10.7 Å². The van der Waals surface area contributed by atoms with Crippen LogP contribution >= 0.6 is 0 Å². The van der Waals surface area contributed by atoms with E-state index in [2.05, 4.69) is 15.8 Å². The highest BCUT2D eigenvalue weighted by atomic mass is 16.3. The molecule has 0 saturated heterocycles. The molecular weight excluding hydrogens is 306 g/mol. The zero-order valence-corrected chi connectivity index (χ0v) is 13.6. The van der Waals surface area contributed by atoms with E-state index in [1.165, 1.54) is 6.26 Å². The number of anilines is 1. The standard InChI is InChI=1S/C18H19N3O3/c1-11(20-21-18(23)16-9-10-24-12(16)2)13-5-7-15(8-6-13)19-17(22)14-3-4-14/h5-10,14H,3-4H2,1-2H3,(H,19,22)(H,21,23). The summed E-state index contributed by atoms with van der Waals surface area (Å²) in [6.07, 6.45) is 3.42. The molecule has 1 saturated carbocycles. The number of nitrogens with one attached hydrogen (secondary N) is 2. The first-order chi connectivity index (χ1) is 11.5. The van der Waals surface area contributed by atoms with Crippen LogP contribution in [0.1, 0.15) is 41.4 Å². The molecule has 6 heteroatoms. The lowest BCUT2D eigenvalue weighted by Crippen LogP contribution is -2.19. The second-order valence-corrected chi connectivity index (χ2v) is 5.87. The van der Waals surface area contributed by atoms with Crippen molar-refractivity contribution in [2.45, 2.75) is 26.7 Å². The van der Waals surface area contributed by atoms with E-state index in [0.717, 1.165) is 24.1 Å². The Kier molecular flexibility index (Phi) is 4.46. The van der Waals surface area contributed by atoms with Crippen LogP contribution in [0.5, 0.6) is 0 Å². The number of furan rings is 1. The van der Waals surface area contributed by atoms with Crippen LogP contribution in [0.25, 0.3) is 0 Å². The van der Waals surface area contributed by atoms with E-state index >= 15 is 0 Å². The Morgan fingerprint density at radius 1 is 1.17 bits per heavy atom. The van der Waals surface area contributed by atoms with Gasteiger partial charge in [-0.2, -0.15) is 5.10 Å². The molecule has 2 amide bonds. The maximum absolute atomic E-state index is 12.0. The third kappa shape index (κ3) is 3.71. The third-order valence-electron chi connectivity index (χ3n) is 3.95. The van der Waals surface area contributed by atoms with Gasteiger partial charge in [0, 0.05) is 11.6 Å². The van der Waals surface area contributed by atoms with Gasteiger partial charge in [0.25, 0.3) is 5.91 Å². The van der Waals surface area contributed by atoms with E-state index in [-0.39, 0.29) is 17.7 Å². The van der Waals surface area contributed by atoms with Gasteiger partial charge in [-0.3, -0.25) is 9.59 Å². The van der Waals surface area contributed by atoms with Gasteiger partial charge in [0.05, 0.1) is 17.5 Å². The fraction of sp³-hybridized carbons (Fsp3) is 0.278. The van der Waals surface area contributed by atoms with Crippen molar-refractivity contribution in [1.82, 2.24) is 5.43 Å². The highest BCUT2D eigenvalue weighted by Gasteiger charge is 2.29. The molecule has 1 aliphatic rings. The third-order valence-corrected chi connectivity index (χ3v) is 3.95. The molecule has 1 aliphatic carbocycles. The number of rotatable bonds is 5. The molecule has 1 heterocycles. The largest absolute Gasteiger partial charge is 0.469 e. The minimum atomic E-state index is -0.311. The molecule has 2 N–H and O–H groups in total. The average Bonchev–Trinajstić information content (AvgIpc) is 3.35. The first kappa shape index (κ1) is 16.0. The Bertz CT molecular complexity index is 786. The average molecular weight is 325 g/mol. The summed E-state index contributed by atoms with van der Waals surface area (Å²) < 4.78 is 5.10. The summed E-state index contributed by atoms with van der Waals surface area (Å²) >= 11 is 0. The molecule has 1 aromatic carbocycles. The quantitative estimate of drug-likeness (QED) is 0.654. The van der Waals surface area contributed by atoms with E-state index in [9.17, 15) is 9.59 Å². The van der Waals surface area contributed by atoms with Crippen molar-refractivity contribution in [3.05, 3.63) is 53.5 Å². The predicted molar refractivity (Wildman–Crippen MR) is 90.9 cm³/mol. The van der Waals surface area contributed by atoms with E-state index in [4.69, 9.17) is 4.42 Å². The molecule has 2 aromatic rings. The first-order valence-electron chi connectivity index (χ1n) is 7.84. The van der Waals surface area contributed by atoms with Crippen molar-refractivity contribution in [2.24, 2.45) is 11.0 Å². The molecular formula is C18H19N3O3. The second kappa shape index (κ2) is 6.70. The summed E-state index contributed by atoms with van der Waals surface area (Å²) in [5.74, 6) is 0.496. The summed E-state index contributed by atoms with van der Waals surface area (Å²) in [7, 11) is 0. The summed E-state index contributed by atoms with van der Waals surface area (Å²) in [5, 5.41) is 6.99. The van der Waals surface area contributed by atoms with Crippen molar-refractivity contribution in [2.75, 3.05) is 5.32 Å². The van der Waals surface area contributed by atoms with Crippen LogP contribution in [0.2, 0.25) is 0 Å². The highest BCUT2D eigenvalue weighted by Crippen LogP contribution is 2.30. The van der Waals surface area contributed by atoms with Crippen molar-refractivity contribution in [3.63, 3.8) is 0 Å². The fourth-order valence-electron chi connectivity index (χ4n) is 2.26. The number of hydrogen-bond donors (Lipinski definition) is 2. The minimum absolute atomic E-state index is 0.0795. The van der Waals surface area contributed by atoms with Crippen LogP contribution in [-0.2, 0) is 4.79 Å². The lowest BCUT2D eigenvalue weighted by molar-refractivity contribution is -0.117. The van der Waals surface area contributed by atoms with Crippen molar-refractivity contribution < 1.29 is 14.0 Å². The SMILES string of the molecule is CC(=NNC(=O)c1ccoc1C)c1ccc(NC(=O)C2CC2)cc1. The van der Waals surface area contributed by atoms with Crippen LogP contribution in [0.15, 0.2) is 46.1 Å². The van der Waals surface area contributed by atoms with Gasteiger partial charge >= 0.3 is 0 Å². The molecule has 24 heavy (non-hydrogen) atoms. The maximum atomic E-state index is 12.0. The predicted octanol–water partition coefficient (Wildman–Crippen LogP) is 3.09.